The quantitative estimate of drug-likeness (QED) is 0.512. The molecule has 3 heteroatoms. The summed E-state index contributed by atoms with van der Waals surface area (Å²) in [6.07, 6.45) is -0.517. The highest BCUT2D eigenvalue weighted by molar-refractivity contribution is 5.67. The first kappa shape index (κ1) is 2.67. The van der Waals surface area contributed by atoms with Gasteiger partial charge >= 0.3 is 5.97 Å². The number of nitrogens with two attached hydrogens (primary N) is 1. The van der Waals surface area contributed by atoms with E-state index in [0.29, 0.717) is 0 Å². The van der Waals surface area contributed by atoms with Crippen LogP contribution in [0.3, 0.4) is 0 Å². The molecule has 0 saturated heterocycles. The first-order valence-electron chi connectivity index (χ1n) is 3.31. The molecule has 1 atom stereocenters. The molecule has 0 saturated carbocycles. The molecule has 0 fully saturated rings. The lowest BCUT2D eigenvalue weighted by Gasteiger charge is -1.95. The lowest BCUT2D eigenvalue weighted by atomic mass is 10.3. The van der Waals surface area contributed by atoms with Crippen molar-refractivity contribution >= 4 is 5.97 Å². The van der Waals surface area contributed by atoms with Gasteiger partial charge in [0.1, 0.15) is 0 Å². The number of carboxylic acid groups (broad SMARTS) is 1. The number of aliphatic carboxylic acids is 1. The predicted molar refractivity (Wildman–Crippen MR) is 25.9 cm³/mol. The van der Waals surface area contributed by atoms with E-state index < -0.39 is 25.3 Å². The second-order valence-electron chi connectivity index (χ2n) is 1.20. The zero-order valence-electron chi connectivity index (χ0n) is 6.72. The molecule has 0 unspecified atom stereocenters. The third-order valence-electron chi connectivity index (χ3n) is 0.395. The van der Waals surface area contributed by atoms with E-state index in [1.807, 2.05) is 0 Å². The van der Waals surface area contributed by atoms with Gasteiger partial charge in [0.2, 0.25) is 0 Å². The minimum atomic E-state index is -2.36. The molecule has 3 nitrogen and oxygen atoms in total. The Morgan fingerprint density at radius 1 is 2.29 bits per heavy atom. The Morgan fingerprint density at radius 2 is 2.86 bits per heavy atom. The molecule has 0 aliphatic carbocycles. The van der Waals surface area contributed by atoms with Crippen molar-refractivity contribution in [1.82, 2.24) is 0 Å². The van der Waals surface area contributed by atoms with Gasteiger partial charge in [0.05, 0.1) is 6.42 Å². The van der Waals surface area contributed by atoms with Gasteiger partial charge in [-0.1, -0.05) is 0 Å². The zero-order valence-corrected chi connectivity index (χ0v) is 3.72. The molecule has 0 rings (SSSR count). The second-order valence-corrected chi connectivity index (χ2v) is 1.20. The monoisotopic (exact) mass is 106 g/mol. The maximum Gasteiger partial charge on any atom is 0.304 e. The van der Waals surface area contributed by atoms with E-state index in [1.165, 1.54) is 0 Å². The lowest BCUT2D eigenvalue weighted by Crippen LogP contribution is -2.18. The number of carbonyl (C=O) groups is 1. The van der Waals surface area contributed by atoms with Gasteiger partial charge < -0.3 is 10.8 Å². The summed E-state index contributed by atoms with van der Waals surface area (Å²) < 4.78 is 20.0. The molecular formula is C4H9NO2. The van der Waals surface area contributed by atoms with Crippen molar-refractivity contribution < 1.29 is 14.0 Å². The average Bonchev–Trinajstić information content (AvgIpc) is 1.60. The van der Waals surface area contributed by atoms with E-state index in [4.69, 9.17) is 15.0 Å². The maximum absolute atomic E-state index is 9.93. The highest BCUT2D eigenvalue weighted by atomic mass is 16.4. The molecule has 0 heterocycles. The summed E-state index contributed by atoms with van der Waals surface area (Å²) in [6, 6.07) is -1.26. The number of carboxylic acids is 1. The fourth-order valence-electron chi connectivity index (χ4n) is 0.188. The molecule has 0 aliphatic rings. The van der Waals surface area contributed by atoms with Crippen LogP contribution in [0.4, 0.5) is 0 Å². The van der Waals surface area contributed by atoms with Gasteiger partial charge in [0, 0.05) is 10.2 Å². The molecule has 0 aromatic carbocycles. The van der Waals surface area contributed by atoms with Crippen molar-refractivity contribution in [1.29, 1.82) is 0 Å². The highest BCUT2D eigenvalue weighted by Gasteiger charge is 1.98. The smallest absolute Gasteiger partial charge is 0.304 e. The van der Waals surface area contributed by atoms with Crippen molar-refractivity contribution in [3.63, 3.8) is 0 Å². The van der Waals surface area contributed by atoms with Gasteiger partial charge in [-0.25, -0.2) is 0 Å². The second kappa shape index (κ2) is 2.58. The Kier molecular flexibility index (Phi) is 0.982. The van der Waals surface area contributed by atoms with Gasteiger partial charge in [0.15, 0.2) is 0 Å². The summed E-state index contributed by atoms with van der Waals surface area (Å²) in [4.78, 5) is 9.93. The van der Waals surface area contributed by atoms with E-state index >= 15 is 0 Å². The lowest BCUT2D eigenvalue weighted by molar-refractivity contribution is -0.137. The van der Waals surface area contributed by atoms with Crippen LogP contribution in [0.5, 0.6) is 0 Å². The van der Waals surface area contributed by atoms with Crippen molar-refractivity contribution in [2.24, 2.45) is 5.73 Å². The third kappa shape index (κ3) is 5.43. The normalized spacial score (nSPS) is 21.6. The first-order chi connectivity index (χ1) is 4.34. The largest absolute Gasteiger partial charge is 0.481 e. The molecule has 0 aromatic rings. The average molecular weight is 106 g/mol. The Morgan fingerprint density at radius 3 is 3.00 bits per heavy atom. The molecule has 42 valence electrons. The SMILES string of the molecule is [2H]C([2H])([2H])[C@H](N)CC(=O)O. The highest BCUT2D eigenvalue weighted by Crippen LogP contribution is 1.82. The topological polar surface area (TPSA) is 63.3 Å². The third-order valence-corrected chi connectivity index (χ3v) is 0.395. The van der Waals surface area contributed by atoms with E-state index in [-0.39, 0.29) is 0 Å². The van der Waals surface area contributed by atoms with Gasteiger partial charge in [-0.15, -0.1) is 0 Å². The van der Waals surface area contributed by atoms with Crippen LogP contribution < -0.4 is 5.73 Å². The summed E-state index contributed by atoms with van der Waals surface area (Å²) in [7, 11) is 0. The molecular weight excluding hydrogens is 94.0 g/mol. The Hall–Kier alpha value is -0.570. The van der Waals surface area contributed by atoms with E-state index in [1.54, 1.807) is 0 Å². The van der Waals surface area contributed by atoms with Crippen LogP contribution in [-0.4, -0.2) is 17.1 Å². The predicted octanol–water partition coefficient (Wildman–Crippen LogP) is -0.192. The maximum atomic E-state index is 9.93. The van der Waals surface area contributed by atoms with Gasteiger partial charge in [-0.2, -0.15) is 0 Å². The molecule has 0 amide bonds. The van der Waals surface area contributed by atoms with Crippen LogP contribution in [0.1, 0.15) is 17.4 Å². The molecule has 3 N–H and O–H groups in total. The van der Waals surface area contributed by atoms with Crippen LogP contribution in [0, 0.1) is 0 Å². The fourth-order valence-corrected chi connectivity index (χ4v) is 0.188. The molecule has 0 spiro atoms. The van der Waals surface area contributed by atoms with Crippen LogP contribution in [0.25, 0.3) is 0 Å². The summed E-state index contributed by atoms with van der Waals surface area (Å²) in [6.45, 7) is -2.36. The summed E-state index contributed by atoms with van der Waals surface area (Å²) in [5.74, 6) is -1.19. The Bertz CT molecular complexity index is 133. The van der Waals surface area contributed by atoms with Crippen LogP contribution >= 0.6 is 0 Å². The van der Waals surface area contributed by atoms with Gasteiger partial charge in [-0.05, 0) is 6.85 Å². The summed E-state index contributed by atoms with van der Waals surface area (Å²) >= 11 is 0. The van der Waals surface area contributed by atoms with Crippen LogP contribution in [0.2, 0.25) is 0 Å². The van der Waals surface area contributed by atoms with E-state index in [2.05, 4.69) is 0 Å². The van der Waals surface area contributed by atoms with Gasteiger partial charge in [-0.3, -0.25) is 4.79 Å². The Labute approximate surface area is 46.3 Å². The molecule has 0 bridgehead atoms. The van der Waals surface area contributed by atoms with Crippen molar-refractivity contribution in [2.45, 2.75) is 19.3 Å². The Balaban J connectivity index is 3.85. The number of hydrogen-bond acceptors (Lipinski definition) is 2. The summed E-state index contributed by atoms with van der Waals surface area (Å²) in [5, 5.41) is 8.12. The zero-order chi connectivity index (χ0) is 8.36. The standard InChI is InChI=1S/C4H9NO2/c1-3(5)2-4(6)7/h3H,2,5H2,1H3,(H,6,7)/t3-/m0/s1/i1D3. The fraction of sp³-hybridized carbons (Fsp3) is 0.750. The molecule has 0 aliphatic heterocycles. The van der Waals surface area contributed by atoms with Crippen molar-refractivity contribution in [2.75, 3.05) is 0 Å². The molecule has 7 heavy (non-hydrogen) atoms. The van der Waals surface area contributed by atoms with Crippen molar-refractivity contribution in [3.05, 3.63) is 0 Å². The minimum Gasteiger partial charge on any atom is -0.481 e. The van der Waals surface area contributed by atoms with Gasteiger partial charge in [0.25, 0.3) is 0 Å². The molecule has 0 radical (unpaired) electrons. The van der Waals surface area contributed by atoms with E-state index in [9.17, 15) is 4.79 Å². The molecule has 0 aromatic heterocycles. The minimum absolute atomic E-state index is 0.517. The number of hydrogen-bond donors (Lipinski definition) is 2. The summed E-state index contributed by atoms with van der Waals surface area (Å²) in [5.41, 5.74) is 5.01. The van der Waals surface area contributed by atoms with Crippen LogP contribution in [-0.2, 0) is 4.79 Å². The van der Waals surface area contributed by atoms with Crippen LogP contribution in [0.15, 0.2) is 0 Å². The van der Waals surface area contributed by atoms with Crippen molar-refractivity contribution in [3.8, 4) is 0 Å². The van der Waals surface area contributed by atoms with E-state index in [0.717, 1.165) is 0 Å². The first-order valence-corrected chi connectivity index (χ1v) is 1.81. The number of rotatable bonds is 2.